The summed E-state index contributed by atoms with van der Waals surface area (Å²) in [5, 5.41) is 18.7. The van der Waals surface area contributed by atoms with Crippen molar-refractivity contribution in [2.45, 2.75) is 12.4 Å². The Hall–Kier alpha value is -5.10. The van der Waals surface area contributed by atoms with Gasteiger partial charge in [-0.05, 0) is 36.4 Å². The lowest BCUT2D eigenvalue weighted by Gasteiger charge is -2.25. The van der Waals surface area contributed by atoms with Crippen LogP contribution in [0.25, 0.3) is 0 Å². The number of nitrogens with zero attached hydrogens (tertiary/aromatic N) is 4. The molecule has 0 N–H and O–H groups in total. The van der Waals surface area contributed by atoms with Crippen molar-refractivity contribution in [3.63, 3.8) is 0 Å². The highest BCUT2D eigenvalue weighted by atomic mass is 19.4. The van der Waals surface area contributed by atoms with E-state index in [1.165, 1.54) is 24.3 Å². The topological polar surface area (TPSA) is 90.8 Å². The molecule has 6 nitrogen and oxygen atoms in total. The molecule has 0 heterocycles. The molecule has 0 saturated carbocycles. The lowest BCUT2D eigenvalue weighted by molar-refractivity contribution is -0.138. The van der Waals surface area contributed by atoms with Crippen LogP contribution in [0.1, 0.15) is 22.3 Å². The first-order valence-corrected chi connectivity index (χ1v) is 10.5. The third-order valence-electron chi connectivity index (χ3n) is 5.16. The van der Waals surface area contributed by atoms with Gasteiger partial charge < -0.3 is 9.47 Å². The van der Waals surface area contributed by atoms with E-state index in [2.05, 4.69) is 9.98 Å². The van der Waals surface area contributed by atoms with E-state index >= 15 is 0 Å². The fourth-order valence-corrected chi connectivity index (χ4v) is 3.57. The molecular weight excluding hydrogens is 514 g/mol. The van der Waals surface area contributed by atoms with Gasteiger partial charge >= 0.3 is 12.4 Å². The highest BCUT2D eigenvalue weighted by Gasteiger charge is 2.36. The molecular formula is C26H12F6N4O2. The Kier molecular flexibility index (Phi) is 6.91. The number of fused-ring (bicyclic) bond motifs is 1. The number of aliphatic imine (C=N–C) groups is 2. The second kappa shape index (κ2) is 10.1. The fraction of sp³-hybridized carbons (Fsp3) is 0.0769. The largest absolute Gasteiger partial charge is 0.451 e. The maximum atomic E-state index is 13.3. The zero-order valence-electron chi connectivity index (χ0n) is 18.8. The molecule has 0 unspecified atom stereocenters. The summed E-state index contributed by atoms with van der Waals surface area (Å²) in [6.45, 7) is 0. The first-order chi connectivity index (χ1) is 18.0. The predicted octanol–water partition coefficient (Wildman–Crippen LogP) is 6.65. The molecule has 190 valence electrons. The van der Waals surface area contributed by atoms with Gasteiger partial charge in [-0.15, -0.1) is 0 Å². The van der Waals surface area contributed by atoms with Crippen LogP contribution in [0.2, 0.25) is 0 Å². The van der Waals surface area contributed by atoms with Crippen LogP contribution in [0, 0.1) is 22.9 Å². The van der Waals surface area contributed by atoms with Crippen LogP contribution in [0.15, 0.2) is 94.3 Å². The van der Waals surface area contributed by atoms with E-state index in [4.69, 9.17) is 9.47 Å². The van der Waals surface area contributed by atoms with E-state index in [1.54, 1.807) is 24.5 Å². The normalized spacial score (nSPS) is 15.6. The third-order valence-corrected chi connectivity index (χ3v) is 5.16. The average Bonchev–Trinajstić information content (AvgIpc) is 2.87. The molecule has 3 aromatic rings. The van der Waals surface area contributed by atoms with Gasteiger partial charge in [-0.1, -0.05) is 36.4 Å². The number of benzene rings is 3. The van der Waals surface area contributed by atoms with E-state index in [9.17, 15) is 36.9 Å². The molecule has 0 radical (unpaired) electrons. The molecule has 0 atom stereocenters. The lowest BCUT2D eigenvalue weighted by Crippen LogP contribution is -2.29. The second-order valence-corrected chi connectivity index (χ2v) is 7.58. The van der Waals surface area contributed by atoms with Crippen molar-refractivity contribution >= 4 is 11.4 Å². The molecule has 3 aromatic carbocycles. The quantitative estimate of drug-likeness (QED) is 0.281. The lowest BCUT2D eigenvalue weighted by atomic mass is 9.90. The highest BCUT2D eigenvalue weighted by molar-refractivity contribution is 6.29. The fourth-order valence-electron chi connectivity index (χ4n) is 3.57. The number of nitriles is 2. The molecule has 0 fully saturated rings. The van der Waals surface area contributed by atoms with Crippen molar-refractivity contribution in [2.75, 3.05) is 0 Å². The molecule has 0 aromatic heterocycles. The Morgan fingerprint density at radius 2 is 0.974 bits per heavy atom. The van der Waals surface area contributed by atoms with Crippen LogP contribution >= 0.6 is 0 Å². The van der Waals surface area contributed by atoms with Gasteiger partial charge in [0.15, 0.2) is 11.5 Å². The van der Waals surface area contributed by atoms with Gasteiger partial charge in [0.1, 0.15) is 22.9 Å². The summed E-state index contributed by atoms with van der Waals surface area (Å²) >= 11 is 0. The summed E-state index contributed by atoms with van der Waals surface area (Å²) < 4.78 is 91.2. The van der Waals surface area contributed by atoms with Crippen molar-refractivity contribution in [3.05, 3.63) is 107 Å². The van der Waals surface area contributed by atoms with Gasteiger partial charge in [-0.25, -0.2) is 0 Å². The van der Waals surface area contributed by atoms with E-state index in [0.29, 0.717) is 12.1 Å². The predicted molar refractivity (Wildman–Crippen MR) is 122 cm³/mol. The Bertz CT molecular complexity index is 1460. The van der Waals surface area contributed by atoms with Crippen molar-refractivity contribution in [1.82, 2.24) is 0 Å². The summed E-state index contributed by atoms with van der Waals surface area (Å²) in [7, 11) is 0. The highest BCUT2D eigenvalue weighted by Crippen LogP contribution is 2.36. The zero-order valence-corrected chi connectivity index (χ0v) is 18.8. The monoisotopic (exact) mass is 526 g/mol. The minimum Gasteiger partial charge on any atom is -0.451 e. The van der Waals surface area contributed by atoms with E-state index in [-0.39, 0.29) is 34.0 Å². The second-order valence-electron chi connectivity index (χ2n) is 7.58. The van der Waals surface area contributed by atoms with Crippen molar-refractivity contribution < 1.29 is 35.8 Å². The third kappa shape index (κ3) is 5.34. The molecule has 0 amide bonds. The summed E-state index contributed by atoms with van der Waals surface area (Å²) in [5.74, 6) is -1.56. The number of alkyl halides is 6. The molecule has 12 heteroatoms. The number of rotatable bonds is 4. The molecule has 0 aliphatic heterocycles. The van der Waals surface area contributed by atoms with Gasteiger partial charge in [0.25, 0.3) is 0 Å². The first-order valence-electron chi connectivity index (χ1n) is 10.5. The maximum Gasteiger partial charge on any atom is 0.416 e. The van der Waals surface area contributed by atoms with Crippen molar-refractivity contribution in [3.8, 4) is 23.9 Å². The zero-order chi connectivity index (χ0) is 27.5. The van der Waals surface area contributed by atoms with Gasteiger partial charge in [-0.2, -0.15) is 46.9 Å². The van der Waals surface area contributed by atoms with Crippen molar-refractivity contribution in [2.24, 2.45) is 9.98 Å². The molecule has 1 aliphatic carbocycles. The van der Waals surface area contributed by atoms with Crippen LogP contribution in [-0.4, -0.2) is 11.4 Å². The minimum absolute atomic E-state index is 0.195. The Morgan fingerprint density at radius 3 is 1.32 bits per heavy atom. The number of halogens is 6. The standard InChI is InChI=1S/C26H12F6N4O2/c27-25(28,29)15-5-3-7-17(11-15)37-23-21(35-13-33)19-9-1-2-10-20(19)22(36-14-34)24(23)38-18-8-4-6-16(12-18)26(30,31)32/h1-12H. The number of hydrogen-bond acceptors (Lipinski definition) is 6. The summed E-state index contributed by atoms with van der Waals surface area (Å²) in [5.41, 5.74) is -2.03. The van der Waals surface area contributed by atoms with Crippen LogP contribution in [0.5, 0.6) is 11.5 Å². The Balaban J connectivity index is 1.96. The average molecular weight is 526 g/mol. The first kappa shape index (κ1) is 26.0. The molecule has 0 spiro atoms. The van der Waals surface area contributed by atoms with Gasteiger partial charge in [0, 0.05) is 11.1 Å². The molecule has 38 heavy (non-hydrogen) atoms. The van der Waals surface area contributed by atoms with Crippen molar-refractivity contribution in [1.29, 1.82) is 10.5 Å². The van der Waals surface area contributed by atoms with Crippen LogP contribution < -0.4 is 9.47 Å². The van der Waals surface area contributed by atoms with E-state index in [0.717, 1.165) is 24.3 Å². The molecule has 0 bridgehead atoms. The number of allylic oxidation sites excluding steroid dienone is 2. The number of hydrogen-bond donors (Lipinski definition) is 0. The van der Waals surface area contributed by atoms with Crippen LogP contribution in [-0.2, 0) is 12.4 Å². The SMILES string of the molecule is N#CN=C1C(Oc2cccc(C(F)(F)F)c2)=C(Oc2cccc(C(F)(F)F)c2)C(=NC#N)c2ccccc21. The maximum absolute atomic E-state index is 13.3. The van der Waals surface area contributed by atoms with Gasteiger partial charge in [0.05, 0.1) is 11.1 Å². The van der Waals surface area contributed by atoms with E-state index < -0.39 is 35.0 Å². The summed E-state index contributed by atoms with van der Waals surface area (Å²) in [4.78, 5) is 7.47. The summed E-state index contributed by atoms with van der Waals surface area (Å²) in [6, 6.07) is 13.6. The molecule has 1 aliphatic rings. The Morgan fingerprint density at radius 1 is 0.579 bits per heavy atom. The smallest absolute Gasteiger partial charge is 0.416 e. The Labute approximate surface area is 211 Å². The molecule has 0 saturated heterocycles. The van der Waals surface area contributed by atoms with E-state index in [1.807, 2.05) is 0 Å². The van der Waals surface area contributed by atoms with Crippen LogP contribution in [0.4, 0.5) is 26.3 Å². The van der Waals surface area contributed by atoms with Gasteiger partial charge in [0.2, 0.25) is 12.4 Å². The minimum atomic E-state index is -4.71. The van der Waals surface area contributed by atoms with Gasteiger partial charge in [-0.3, -0.25) is 0 Å². The summed E-state index contributed by atoms with van der Waals surface area (Å²) in [6.07, 6.45) is -6.26. The van der Waals surface area contributed by atoms with Crippen LogP contribution in [0.3, 0.4) is 0 Å². The number of ether oxygens (including phenoxy) is 2. The molecule has 4 rings (SSSR count).